The molecular formula is C18H18ClNO3. The Balaban J connectivity index is 1.76. The van der Waals surface area contributed by atoms with E-state index in [-0.39, 0.29) is 0 Å². The molecule has 4 nitrogen and oxygen atoms in total. The lowest BCUT2D eigenvalue weighted by Gasteiger charge is -2.10. The van der Waals surface area contributed by atoms with E-state index < -0.39 is 0 Å². The maximum Gasteiger partial charge on any atom is 0.131 e. The summed E-state index contributed by atoms with van der Waals surface area (Å²) < 4.78 is 18.6. The van der Waals surface area contributed by atoms with Gasteiger partial charge in [0.1, 0.15) is 23.9 Å². The third kappa shape index (κ3) is 3.37. The number of methoxy groups -OCH3 is 2. The van der Waals surface area contributed by atoms with Gasteiger partial charge in [0.2, 0.25) is 0 Å². The molecule has 0 saturated carbocycles. The number of rotatable bonds is 6. The van der Waals surface area contributed by atoms with E-state index in [0.717, 1.165) is 34.7 Å². The largest absolute Gasteiger partial charge is 0.497 e. The second kappa shape index (κ2) is 6.84. The molecule has 0 saturated heterocycles. The lowest BCUT2D eigenvalue weighted by molar-refractivity contribution is 0.300. The second-order valence-corrected chi connectivity index (χ2v) is 5.51. The van der Waals surface area contributed by atoms with Gasteiger partial charge in [-0.1, -0.05) is 11.6 Å². The van der Waals surface area contributed by atoms with Crippen LogP contribution in [0.1, 0.15) is 0 Å². The number of fused-ring (bicyclic) bond motifs is 1. The van der Waals surface area contributed by atoms with Gasteiger partial charge in [-0.2, -0.15) is 0 Å². The van der Waals surface area contributed by atoms with E-state index in [0.29, 0.717) is 11.6 Å². The fraction of sp³-hybridized carbons (Fsp3) is 0.222. The number of hydrogen-bond acceptors (Lipinski definition) is 3. The van der Waals surface area contributed by atoms with Gasteiger partial charge in [-0.3, -0.25) is 0 Å². The molecule has 0 fully saturated rings. The van der Waals surface area contributed by atoms with Gasteiger partial charge in [0.05, 0.1) is 26.3 Å². The molecule has 2 aromatic carbocycles. The molecule has 0 unspecified atom stereocenters. The van der Waals surface area contributed by atoms with Gasteiger partial charge in [-0.25, -0.2) is 0 Å². The zero-order chi connectivity index (χ0) is 16.2. The number of benzene rings is 2. The van der Waals surface area contributed by atoms with E-state index >= 15 is 0 Å². The molecule has 0 aliphatic rings. The predicted octanol–water partition coefficient (Wildman–Crippen LogP) is 4.39. The number of halogens is 1. The summed E-state index contributed by atoms with van der Waals surface area (Å²) in [6.07, 6.45) is 2.03. The first kappa shape index (κ1) is 15.6. The summed E-state index contributed by atoms with van der Waals surface area (Å²) in [7, 11) is 3.31. The van der Waals surface area contributed by atoms with Crippen LogP contribution in [0.25, 0.3) is 10.9 Å². The van der Waals surface area contributed by atoms with Crippen LogP contribution in [-0.2, 0) is 6.54 Å². The van der Waals surface area contributed by atoms with Crippen molar-refractivity contribution in [1.82, 2.24) is 4.57 Å². The normalized spacial score (nSPS) is 10.7. The first-order valence-corrected chi connectivity index (χ1v) is 7.68. The van der Waals surface area contributed by atoms with E-state index in [2.05, 4.69) is 4.57 Å². The maximum atomic E-state index is 5.87. The monoisotopic (exact) mass is 331 g/mol. The second-order valence-electron chi connectivity index (χ2n) is 5.07. The van der Waals surface area contributed by atoms with Crippen molar-refractivity contribution < 1.29 is 14.2 Å². The average molecular weight is 332 g/mol. The van der Waals surface area contributed by atoms with E-state index in [1.165, 1.54) is 0 Å². The minimum Gasteiger partial charge on any atom is -0.497 e. The summed E-state index contributed by atoms with van der Waals surface area (Å²) in [4.78, 5) is 0. The van der Waals surface area contributed by atoms with E-state index in [9.17, 15) is 0 Å². The fourth-order valence-corrected chi connectivity index (χ4v) is 2.64. The van der Waals surface area contributed by atoms with Crippen molar-refractivity contribution in [2.24, 2.45) is 0 Å². The number of nitrogens with zero attached hydrogens (tertiary/aromatic N) is 1. The third-order valence-electron chi connectivity index (χ3n) is 3.69. The van der Waals surface area contributed by atoms with Crippen molar-refractivity contribution in [1.29, 1.82) is 0 Å². The Morgan fingerprint density at radius 2 is 1.74 bits per heavy atom. The quantitative estimate of drug-likeness (QED) is 0.671. The van der Waals surface area contributed by atoms with Gasteiger partial charge in [0.15, 0.2) is 0 Å². The molecule has 0 atom stereocenters. The van der Waals surface area contributed by atoms with E-state index in [1.54, 1.807) is 14.2 Å². The van der Waals surface area contributed by atoms with Gasteiger partial charge in [0.25, 0.3) is 0 Å². The van der Waals surface area contributed by atoms with Crippen molar-refractivity contribution in [2.45, 2.75) is 6.54 Å². The molecule has 120 valence electrons. The molecular weight excluding hydrogens is 314 g/mol. The summed E-state index contributed by atoms with van der Waals surface area (Å²) in [5, 5.41) is 1.76. The number of ether oxygens (including phenoxy) is 3. The third-order valence-corrected chi connectivity index (χ3v) is 3.95. The van der Waals surface area contributed by atoms with E-state index in [4.69, 9.17) is 25.8 Å². The predicted molar refractivity (Wildman–Crippen MR) is 92.0 cm³/mol. The molecule has 0 spiro atoms. The molecule has 5 heteroatoms. The highest BCUT2D eigenvalue weighted by molar-refractivity contribution is 6.30. The molecule has 0 bridgehead atoms. The first-order chi connectivity index (χ1) is 11.2. The van der Waals surface area contributed by atoms with Gasteiger partial charge < -0.3 is 18.8 Å². The highest BCUT2D eigenvalue weighted by atomic mass is 35.5. The topological polar surface area (TPSA) is 32.6 Å². The highest BCUT2D eigenvalue weighted by Gasteiger charge is 2.09. The van der Waals surface area contributed by atoms with Crippen molar-refractivity contribution in [3.8, 4) is 17.2 Å². The van der Waals surface area contributed by atoms with Crippen LogP contribution in [0, 0.1) is 0 Å². The molecule has 0 amide bonds. The van der Waals surface area contributed by atoms with Crippen LogP contribution in [0.4, 0.5) is 0 Å². The van der Waals surface area contributed by atoms with Crippen LogP contribution in [0.15, 0.2) is 48.7 Å². The molecule has 3 rings (SSSR count). The van der Waals surface area contributed by atoms with Crippen LogP contribution in [0.2, 0.25) is 5.02 Å². The van der Waals surface area contributed by atoms with Crippen LogP contribution >= 0.6 is 11.6 Å². The van der Waals surface area contributed by atoms with Crippen molar-refractivity contribution in [2.75, 3.05) is 20.8 Å². The lowest BCUT2D eigenvalue weighted by Crippen LogP contribution is -2.07. The smallest absolute Gasteiger partial charge is 0.131 e. The number of hydrogen-bond donors (Lipinski definition) is 0. The minimum absolute atomic E-state index is 0.560. The zero-order valence-corrected chi connectivity index (χ0v) is 13.8. The summed E-state index contributed by atoms with van der Waals surface area (Å²) in [5.74, 6) is 2.38. The average Bonchev–Trinajstić information content (AvgIpc) is 2.99. The van der Waals surface area contributed by atoms with Gasteiger partial charge in [0, 0.05) is 28.7 Å². The molecule has 1 heterocycles. The Morgan fingerprint density at radius 3 is 2.43 bits per heavy atom. The molecule has 0 aliphatic heterocycles. The molecule has 0 N–H and O–H groups in total. The highest BCUT2D eigenvalue weighted by Crippen LogP contribution is 2.31. The lowest BCUT2D eigenvalue weighted by atomic mass is 10.2. The van der Waals surface area contributed by atoms with Gasteiger partial charge in [-0.15, -0.1) is 0 Å². The van der Waals surface area contributed by atoms with Crippen LogP contribution in [-0.4, -0.2) is 25.4 Å². The van der Waals surface area contributed by atoms with Crippen molar-refractivity contribution >= 4 is 22.5 Å². The number of aromatic nitrogens is 1. The molecule has 0 aliphatic carbocycles. The standard InChI is InChI=1S/C18H18ClNO3/c1-21-15-11-17-16(18(12-15)22-2)7-8-20(17)9-10-23-14-5-3-13(19)4-6-14/h3-8,11-12H,9-10H2,1-2H3. The summed E-state index contributed by atoms with van der Waals surface area (Å²) in [6, 6.07) is 13.3. The zero-order valence-electron chi connectivity index (χ0n) is 13.1. The Hall–Kier alpha value is -2.33. The van der Waals surface area contributed by atoms with Crippen molar-refractivity contribution in [3.05, 3.63) is 53.7 Å². The molecule has 0 radical (unpaired) electrons. The Labute approximate surface area is 140 Å². The van der Waals surface area contributed by atoms with E-state index in [1.807, 2.05) is 48.7 Å². The van der Waals surface area contributed by atoms with Gasteiger partial charge in [-0.05, 0) is 30.3 Å². The minimum atomic E-state index is 0.560. The van der Waals surface area contributed by atoms with Gasteiger partial charge >= 0.3 is 0 Å². The molecule has 23 heavy (non-hydrogen) atoms. The fourth-order valence-electron chi connectivity index (χ4n) is 2.51. The maximum absolute atomic E-state index is 5.87. The summed E-state index contributed by atoms with van der Waals surface area (Å²) in [5.41, 5.74) is 1.06. The van der Waals surface area contributed by atoms with Crippen molar-refractivity contribution in [3.63, 3.8) is 0 Å². The Morgan fingerprint density at radius 1 is 0.957 bits per heavy atom. The summed E-state index contributed by atoms with van der Waals surface area (Å²) in [6.45, 7) is 1.29. The molecule has 1 aromatic heterocycles. The Bertz CT molecular complexity index is 796. The molecule has 3 aromatic rings. The summed E-state index contributed by atoms with van der Waals surface area (Å²) >= 11 is 5.87. The first-order valence-electron chi connectivity index (χ1n) is 7.30. The van der Waals surface area contributed by atoms with Crippen LogP contribution < -0.4 is 14.2 Å². The Kier molecular flexibility index (Phi) is 4.63. The van der Waals surface area contributed by atoms with Crippen LogP contribution in [0.5, 0.6) is 17.2 Å². The van der Waals surface area contributed by atoms with Crippen LogP contribution in [0.3, 0.4) is 0 Å². The SMILES string of the molecule is COc1cc(OC)c2ccn(CCOc3ccc(Cl)cc3)c2c1.